The normalized spacial score (nSPS) is 16.2. The first-order valence-corrected chi connectivity index (χ1v) is 16.0. The third kappa shape index (κ3) is 5.68. The molecule has 3 amide bonds. The van der Waals surface area contributed by atoms with Gasteiger partial charge in [0.05, 0.1) is 49.8 Å². The number of esters is 1. The Morgan fingerprint density at radius 2 is 1.78 bits per heavy atom. The van der Waals surface area contributed by atoms with Gasteiger partial charge >= 0.3 is 5.97 Å². The van der Waals surface area contributed by atoms with Gasteiger partial charge in [-0.3, -0.25) is 14.4 Å². The lowest BCUT2D eigenvalue weighted by Gasteiger charge is -2.13. The van der Waals surface area contributed by atoms with Gasteiger partial charge in [-0.25, -0.2) is 19.7 Å². The lowest BCUT2D eigenvalue weighted by atomic mass is 10.1. The van der Waals surface area contributed by atoms with Gasteiger partial charge in [0.2, 0.25) is 0 Å². The van der Waals surface area contributed by atoms with E-state index in [0.29, 0.717) is 55.6 Å². The van der Waals surface area contributed by atoms with Crippen LogP contribution < -0.4 is 10.2 Å². The van der Waals surface area contributed by atoms with Crippen LogP contribution >= 0.6 is 34.9 Å². The van der Waals surface area contributed by atoms with Crippen molar-refractivity contribution in [3.05, 3.63) is 106 Å². The Kier molecular flexibility index (Phi) is 7.57. The number of nitrogens with zero attached hydrogens (tertiary/aromatic N) is 3. The first-order chi connectivity index (χ1) is 21.9. The Bertz CT molecular complexity index is 2060. The smallest absolute Gasteiger partial charge is 0.338 e. The van der Waals surface area contributed by atoms with Gasteiger partial charge in [-0.1, -0.05) is 12.1 Å². The van der Waals surface area contributed by atoms with E-state index in [2.05, 4.69) is 15.3 Å². The summed E-state index contributed by atoms with van der Waals surface area (Å²) in [5.41, 5.74) is 3.02. The number of thiazole rings is 1. The van der Waals surface area contributed by atoms with Crippen LogP contribution in [-0.4, -0.2) is 40.4 Å². The van der Waals surface area contributed by atoms with Crippen LogP contribution in [0.5, 0.6) is 0 Å². The van der Waals surface area contributed by atoms with Crippen molar-refractivity contribution < 1.29 is 28.3 Å². The molecule has 222 valence electrons. The first kappa shape index (κ1) is 28.8. The molecule has 0 bridgehead atoms. The molecule has 0 aliphatic carbocycles. The van der Waals surface area contributed by atoms with Crippen LogP contribution in [0.1, 0.15) is 43.8 Å². The number of thioether (sulfide) groups is 1. The molecule has 2 aliphatic rings. The molecule has 13 heteroatoms. The Labute approximate surface area is 268 Å². The maximum Gasteiger partial charge on any atom is 0.338 e. The maximum absolute atomic E-state index is 12.9. The van der Waals surface area contributed by atoms with Crippen LogP contribution in [0.15, 0.2) is 103 Å². The van der Waals surface area contributed by atoms with Gasteiger partial charge in [-0.2, -0.15) is 0 Å². The fourth-order valence-corrected chi connectivity index (χ4v) is 7.49. The first-order valence-electron chi connectivity index (χ1n) is 13.6. The quantitative estimate of drug-likeness (QED) is 0.113. The van der Waals surface area contributed by atoms with E-state index in [1.807, 2.05) is 0 Å². The number of amides is 3. The van der Waals surface area contributed by atoms with E-state index in [9.17, 15) is 19.2 Å². The summed E-state index contributed by atoms with van der Waals surface area (Å²) in [7, 11) is 0. The van der Waals surface area contributed by atoms with Gasteiger partial charge in [0.25, 0.3) is 17.7 Å². The summed E-state index contributed by atoms with van der Waals surface area (Å²) < 4.78 is 12.5. The Morgan fingerprint density at radius 3 is 2.51 bits per heavy atom. The van der Waals surface area contributed by atoms with E-state index in [-0.39, 0.29) is 17.7 Å². The molecule has 0 atom stereocenters. The van der Waals surface area contributed by atoms with Crippen molar-refractivity contribution in [2.45, 2.75) is 16.4 Å². The van der Waals surface area contributed by atoms with Crippen LogP contribution in [0.25, 0.3) is 16.3 Å². The number of anilines is 1. The topological polar surface area (TPSA) is 131 Å². The molecule has 10 nitrogen and oxygen atoms in total. The van der Waals surface area contributed by atoms with Crippen LogP contribution in [0, 0.1) is 0 Å². The molecular weight excluding hydrogens is 633 g/mol. The molecule has 0 radical (unpaired) electrons. The minimum atomic E-state index is -0.404. The second-order valence-electron chi connectivity index (χ2n) is 9.63. The van der Waals surface area contributed by atoms with Crippen LogP contribution in [0.3, 0.4) is 0 Å². The number of hydrogen-bond acceptors (Lipinski definition) is 11. The molecule has 1 saturated heterocycles. The molecule has 7 rings (SSSR count). The number of imide groups is 1. The van der Waals surface area contributed by atoms with E-state index in [4.69, 9.17) is 9.15 Å². The number of nitrogens with one attached hydrogen (secondary N) is 1. The fourth-order valence-electron chi connectivity index (χ4n) is 4.66. The van der Waals surface area contributed by atoms with Crippen LogP contribution in [0.4, 0.5) is 11.4 Å². The second kappa shape index (κ2) is 11.8. The molecular formula is C32H20N4O6S3. The summed E-state index contributed by atoms with van der Waals surface area (Å²) in [5.74, 6) is -0.901. The van der Waals surface area contributed by atoms with Crippen molar-refractivity contribution in [3.63, 3.8) is 0 Å². The zero-order valence-corrected chi connectivity index (χ0v) is 25.8. The molecule has 0 unspecified atom stereocenters. The number of aromatic nitrogens is 1. The summed E-state index contributed by atoms with van der Waals surface area (Å²) in [6.45, 7) is 2.04. The molecule has 1 N–H and O–H groups in total. The third-order valence-corrected chi connectivity index (χ3v) is 9.64. The highest BCUT2D eigenvalue weighted by molar-refractivity contribution is 8.18. The van der Waals surface area contributed by atoms with Gasteiger partial charge in [-0.05, 0) is 97.2 Å². The summed E-state index contributed by atoms with van der Waals surface area (Å²) in [4.78, 5) is 61.0. The van der Waals surface area contributed by atoms with Gasteiger partial charge in [0, 0.05) is 6.08 Å². The fraction of sp³-hybridized carbons (Fsp3) is 0.0625. The van der Waals surface area contributed by atoms with E-state index in [0.717, 1.165) is 14.6 Å². The summed E-state index contributed by atoms with van der Waals surface area (Å²) in [6, 6.07) is 22.2. The number of furan rings is 1. The zero-order valence-electron chi connectivity index (χ0n) is 23.3. The number of rotatable bonds is 7. The summed E-state index contributed by atoms with van der Waals surface area (Å²) in [6.07, 6.45) is 1.64. The van der Waals surface area contributed by atoms with Crippen molar-refractivity contribution in [1.29, 1.82) is 0 Å². The number of amidine groups is 1. The molecule has 1 fully saturated rings. The minimum Gasteiger partial charge on any atom is -0.462 e. The number of benzene rings is 3. The number of carbonyl (C=O) groups is 4. The zero-order chi connectivity index (χ0) is 31.1. The molecule has 0 spiro atoms. The molecule has 5 aromatic rings. The number of carbonyl (C=O) groups excluding carboxylic acids is 4. The van der Waals surface area contributed by atoms with E-state index >= 15 is 0 Å². The highest BCUT2D eigenvalue weighted by Gasteiger charge is 2.36. The molecule has 4 heterocycles. The van der Waals surface area contributed by atoms with Crippen molar-refractivity contribution in [1.82, 2.24) is 10.3 Å². The van der Waals surface area contributed by atoms with Gasteiger partial charge in [0.1, 0.15) is 5.76 Å². The Balaban J connectivity index is 1.03. The van der Waals surface area contributed by atoms with E-state index < -0.39 is 5.97 Å². The average molecular weight is 653 g/mol. The number of ether oxygens (including phenoxy) is 1. The van der Waals surface area contributed by atoms with Gasteiger partial charge < -0.3 is 14.5 Å². The third-order valence-electron chi connectivity index (χ3n) is 6.73. The van der Waals surface area contributed by atoms with Crippen molar-refractivity contribution >= 4 is 91.4 Å². The standard InChI is InChI=1S/C32H20N4O6S3/c1-2-41-30(40)17-7-9-18(10-8-17)33-31-35-27(37)25(43-31)16-20-12-14-26(42-20)45-32-34-23-13-11-19(15-24(23)44-32)36-28(38)21-5-3-4-6-22(21)29(36)39/h3-16H,2H2,1H3,(H,33,35,37)/b25-16-. The van der Waals surface area contributed by atoms with Crippen LogP contribution in [-0.2, 0) is 9.53 Å². The summed E-state index contributed by atoms with van der Waals surface area (Å²) in [5, 5.41) is 3.73. The van der Waals surface area contributed by atoms with Crippen molar-refractivity contribution in [2.24, 2.45) is 4.99 Å². The van der Waals surface area contributed by atoms with E-state index in [1.165, 1.54) is 39.8 Å². The van der Waals surface area contributed by atoms with Crippen LogP contribution in [0.2, 0.25) is 0 Å². The Hall–Kier alpha value is -4.98. The minimum absolute atomic E-state index is 0.294. The number of aliphatic imine (C=N–C) groups is 1. The highest BCUT2D eigenvalue weighted by atomic mass is 32.2. The van der Waals surface area contributed by atoms with Gasteiger partial charge in [-0.15, -0.1) is 11.3 Å². The lowest BCUT2D eigenvalue weighted by Crippen LogP contribution is -2.29. The summed E-state index contributed by atoms with van der Waals surface area (Å²) >= 11 is 3.93. The highest BCUT2D eigenvalue weighted by Crippen LogP contribution is 2.38. The molecule has 2 aliphatic heterocycles. The predicted octanol–water partition coefficient (Wildman–Crippen LogP) is 6.91. The largest absolute Gasteiger partial charge is 0.462 e. The van der Waals surface area contributed by atoms with Gasteiger partial charge in [0.15, 0.2) is 14.6 Å². The van der Waals surface area contributed by atoms with Crippen molar-refractivity contribution in [2.75, 3.05) is 11.5 Å². The van der Waals surface area contributed by atoms with Crippen molar-refractivity contribution in [3.8, 4) is 0 Å². The Morgan fingerprint density at radius 1 is 1.02 bits per heavy atom. The second-order valence-corrected chi connectivity index (χ2v) is 12.9. The molecule has 3 aromatic carbocycles. The molecule has 2 aromatic heterocycles. The number of hydrogen-bond donors (Lipinski definition) is 1. The lowest BCUT2D eigenvalue weighted by molar-refractivity contribution is -0.115. The number of fused-ring (bicyclic) bond motifs is 2. The average Bonchev–Trinajstić information content (AvgIpc) is 3.80. The molecule has 0 saturated carbocycles. The predicted molar refractivity (Wildman–Crippen MR) is 173 cm³/mol. The SMILES string of the molecule is CCOC(=O)c1ccc(N=C2NC(=O)/C(=C/c3ccc(Sc4nc5ccc(N6C(=O)c7ccccc7C6=O)cc5s4)o3)S2)cc1. The monoisotopic (exact) mass is 652 g/mol. The van der Waals surface area contributed by atoms with E-state index in [1.54, 1.807) is 91.9 Å². The molecule has 45 heavy (non-hydrogen) atoms. The maximum atomic E-state index is 12.9.